The molecule has 0 radical (unpaired) electrons. The minimum absolute atomic E-state index is 0.00608. The molecule has 0 aliphatic carbocycles. The number of nitrogens with zero attached hydrogens (tertiary/aromatic N) is 1. The first-order valence-corrected chi connectivity index (χ1v) is 13.4. The number of phenols is 1. The highest BCUT2D eigenvalue weighted by Gasteiger charge is 2.30. The number of carbonyl (C=O) groups is 5. The largest absolute Gasteiger partial charge is 0.508 e. The van der Waals surface area contributed by atoms with Gasteiger partial charge < -0.3 is 49.1 Å². The van der Waals surface area contributed by atoms with Gasteiger partial charge >= 0.3 is 5.97 Å². The number of aromatic hydroxyl groups is 1. The van der Waals surface area contributed by atoms with Crippen molar-refractivity contribution in [2.24, 2.45) is 27.9 Å². The normalized spacial score (nSPS) is 13.4. The number of hydrogen-bond acceptors (Lipinski definition) is 8. The number of nitrogens with two attached hydrogens (primary N) is 4. The Kier molecular flexibility index (Phi) is 13.4. The number of carbonyl (C=O) groups excluding carboxylic acids is 4. The number of phenolic OH excluding ortho intramolecular Hbond substituents is 1. The molecule has 0 aliphatic rings. The van der Waals surface area contributed by atoms with Crippen LogP contribution in [-0.4, -0.2) is 76.5 Å². The van der Waals surface area contributed by atoms with E-state index in [1.54, 1.807) is 30.3 Å². The number of rotatable bonds is 17. The zero-order chi connectivity index (χ0) is 31.9. The Labute approximate surface area is 248 Å². The van der Waals surface area contributed by atoms with Crippen LogP contribution in [-0.2, 0) is 36.8 Å². The summed E-state index contributed by atoms with van der Waals surface area (Å²) in [5, 5.41) is 26.9. The van der Waals surface area contributed by atoms with Gasteiger partial charge in [0.25, 0.3) is 0 Å². The number of primary amides is 1. The van der Waals surface area contributed by atoms with Crippen LogP contribution in [0.25, 0.3) is 0 Å². The lowest BCUT2D eigenvalue weighted by molar-refractivity contribution is -0.142. The second-order valence-corrected chi connectivity index (χ2v) is 9.81. The van der Waals surface area contributed by atoms with Crippen LogP contribution in [0.4, 0.5) is 0 Å². The SMILES string of the molecule is NC(=O)CC(N)C(=O)NC(Cc1ccc(O)cc1)C(=O)NC(CCCN=C(N)N)C(=O)NC(Cc1ccccc1)C(=O)O. The maximum atomic E-state index is 13.5. The van der Waals surface area contributed by atoms with E-state index in [0.717, 1.165) is 0 Å². The van der Waals surface area contributed by atoms with Crippen LogP contribution in [0.15, 0.2) is 59.6 Å². The predicted molar refractivity (Wildman–Crippen MR) is 157 cm³/mol. The fourth-order valence-electron chi connectivity index (χ4n) is 4.03. The topological polar surface area (TPSA) is 278 Å². The molecule has 15 nitrogen and oxygen atoms in total. The molecule has 0 saturated carbocycles. The van der Waals surface area contributed by atoms with Crippen molar-refractivity contribution in [3.63, 3.8) is 0 Å². The summed E-state index contributed by atoms with van der Waals surface area (Å²) < 4.78 is 0. The standard InChI is InChI=1S/C28H38N8O7/c29-19(15-23(30)38)24(39)35-21(13-17-8-10-18(37)11-9-17)26(41)34-20(7-4-12-33-28(31)32)25(40)36-22(27(42)43)14-16-5-2-1-3-6-16/h1-3,5-6,8-11,19-22,37H,4,7,12-15,29H2,(H2,30,38)(H,34,41)(H,35,39)(H,36,40)(H,42,43)(H4,31,32,33). The minimum atomic E-state index is -1.33. The Balaban J connectivity index is 2.28. The van der Waals surface area contributed by atoms with E-state index < -0.39 is 60.2 Å². The van der Waals surface area contributed by atoms with Gasteiger partial charge in [-0.1, -0.05) is 42.5 Å². The van der Waals surface area contributed by atoms with Gasteiger partial charge in [0, 0.05) is 19.4 Å². The van der Waals surface area contributed by atoms with Crippen LogP contribution in [0.3, 0.4) is 0 Å². The monoisotopic (exact) mass is 598 g/mol. The predicted octanol–water partition coefficient (Wildman–Crippen LogP) is -2.03. The lowest BCUT2D eigenvalue weighted by Gasteiger charge is -2.25. The van der Waals surface area contributed by atoms with Crippen molar-refractivity contribution in [3.8, 4) is 5.75 Å². The van der Waals surface area contributed by atoms with Gasteiger partial charge in [-0.05, 0) is 36.1 Å². The van der Waals surface area contributed by atoms with Crippen molar-refractivity contribution < 1.29 is 34.2 Å². The molecule has 0 fully saturated rings. The van der Waals surface area contributed by atoms with E-state index in [4.69, 9.17) is 22.9 Å². The molecule has 13 N–H and O–H groups in total. The molecule has 0 aliphatic heterocycles. The average Bonchev–Trinajstić information content (AvgIpc) is 2.94. The number of aliphatic carboxylic acids is 1. The van der Waals surface area contributed by atoms with Gasteiger partial charge in [0.1, 0.15) is 23.9 Å². The van der Waals surface area contributed by atoms with E-state index in [1.807, 2.05) is 0 Å². The molecule has 2 aromatic rings. The molecule has 43 heavy (non-hydrogen) atoms. The van der Waals surface area contributed by atoms with Crippen molar-refractivity contribution in [3.05, 3.63) is 65.7 Å². The summed E-state index contributed by atoms with van der Waals surface area (Å²) in [5.41, 5.74) is 22.8. The van der Waals surface area contributed by atoms with E-state index in [1.165, 1.54) is 24.3 Å². The van der Waals surface area contributed by atoms with Gasteiger partial charge in [-0.2, -0.15) is 0 Å². The first-order chi connectivity index (χ1) is 20.3. The van der Waals surface area contributed by atoms with Crippen molar-refractivity contribution in [1.82, 2.24) is 16.0 Å². The Morgan fingerprint density at radius 1 is 0.744 bits per heavy atom. The summed E-state index contributed by atoms with van der Waals surface area (Å²) in [4.78, 5) is 66.6. The number of carboxylic acid groups (broad SMARTS) is 1. The highest BCUT2D eigenvalue weighted by Crippen LogP contribution is 2.12. The summed E-state index contributed by atoms with van der Waals surface area (Å²) in [6.07, 6.45) is -0.283. The maximum Gasteiger partial charge on any atom is 0.326 e. The molecule has 0 aromatic heterocycles. The van der Waals surface area contributed by atoms with Crippen molar-refractivity contribution in [2.75, 3.05) is 6.54 Å². The molecule has 0 heterocycles. The minimum Gasteiger partial charge on any atom is -0.508 e. The molecule has 2 rings (SSSR count). The number of hydrogen-bond donors (Lipinski definition) is 9. The number of benzene rings is 2. The Morgan fingerprint density at radius 3 is 1.86 bits per heavy atom. The second kappa shape index (κ2) is 16.9. The van der Waals surface area contributed by atoms with Crippen molar-refractivity contribution in [2.45, 2.75) is 56.3 Å². The molecule has 2 aromatic carbocycles. The number of nitrogens with one attached hydrogen (secondary N) is 3. The Morgan fingerprint density at radius 2 is 1.28 bits per heavy atom. The number of amides is 4. The van der Waals surface area contributed by atoms with E-state index in [0.29, 0.717) is 11.1 Å². The summed E-state index contributed by atoms with van der Waals surface area (Å²) in [7, 11) is 0. The third-order valence-corrected chi connectivity index (χ3v) is 6.24. The quantitative estimate of drug-likeness (QED) is 0.0547. The zero-order valence-corrected chi connectivity index (χ0v) is 23.4. The van der Waals surface area contributed by atoms with Crippen LogP contribution < -0.4 is 38.9 Å². The van der Waals surface area contributed by atoms with Gasteiger partial charge in [-0.25, -0.2) is 4.79 Å². The fraction of sp³-hybridized carbons (Fsp3) is 0.357. The molecule has 4 amide bonds. The molecular formula is C28H38N8O7. The van der Waals surface area contributed by atoms with Gasteiger partial charge in [0.15, 0.2) is 5.96 Å². The van der Waals surface area contributed by atoms with Gasteiger partial charge in [0.05, 0.1) is 12.5 Å². The summed E-state index contributed by atoms with van der Waals surface area (Å²) in [5.74, 6) is -4.67. The Bertz CT molecular complexity index is 1280. The molecule has 232 valence electrons. The number of carboxylic acids is 1. The van der Waals surface area contributed by atoms with E-state index >= 15 is 0 Å². The number of guanidine groups is 1. The van der Waals surface area contributed by atoms with Gasteiger partial charge in [-0.3, -0.25) is 24.2 Å². The summed E-state index contributed by atoms with van der Waals surface area (Å²) in [6, 6.07) is 9.39. The lowest BCUT2D eigenvalue weighted by Crippen LogP contribution is -2.58. The summed E-state index contributed by atoms with van der Waals surface area (Å²) in [6.45, 7) is 0.129. The van der Waals surface area contributed by atoms with E-state index in [9.17, 15) is 34.2 Å². The third kappa shape index (κ3) is 12.5. The lowest BCUT2D eigenvalue weighted by atomic mass is 10.0. The van der Waals surface area contributed by atoms with Crippen molar-refractivity contribution >= 4 is 35.6 Å². The van der Waals surface area contributed by atoms with E-state index in [-0.39, 0.29) is 43.9 Å². The molecule has 0 saturated heterocycles. The number of aliphatic imine (C=N–C) groups is 1. The molecular weight excluding hydrogens is 560 g/mol. The first-order valence-electron chi connectivity index (χ1n) is 13.4. The maximum absolute atomic E-state index is 13.5. The fourth-order valence-corrected chi connectivity index (χ4v) is 4.03. The third-order valence-electron chi connectivity index (χ3n) is 6.24. The van der Waals surface area contributed by atoms with Crippen LogP contribution >= 0.6 is 0 Å². The highest BCUT2D eigenvalue weighted by atomic mass is 16.4. The molecule has 0 spiro atoms. The first kappa shape index (κ1) is 34.0. The molecule has 0 bridgehead atoms. The van der Waals surface area contributed by atoms with Crippen molar-refractivity contribution in [1.29, 1.82) is 0 Å². The van der Waals surface area contributed by atoms with Crippen LogP contribution in [0, 0.1) is 0 Å². The molecule has 4 atom stereocenters. The molecule has 4 unspecified atom stereocenters. The van der Waals surface area contributed by atoms with Crippen LogP contribution in [0.2, 0.25) is 0 Å². The highest BCUT2D eigenvalue weighted by molar-refractivity contribution is 5.95. The second-order valence-electron chi connectivity index (χ2n) is 9.81. The smallest absolute Gasteiger partial charge is 0.326 e. The van der Waals surface area contributed by atoms with E-state index in [2.05, 4.69) is 20.9 Å². The Hall–Kier alpha value is -5.18. The summed E-state index contributed by atoms with van der Waals surface area (Å²) >= 11 is 0. The van der Waals surface area contributed by atoms with Crippen LogP contribution in [0.1, 0.15) is 30.4 Å². The van der Waals surface area contributed by atoms with Gasteiger partial charge in [-0.15, -0.1) is 0 Å². The van der Waals surface area contributed by atoms with Crippen LogP contribution in [0.5, 0.6) is 5.75 Å². The van der Waals surface area contributed by atoms with Gasteiger partial charge in [0.2, 0.25) is 23.6 Å². The molecule has 15 heteroatoms. The average molecular weight is 599 g/mol. The zero-order valence-electron chi connectivity index (χ0n) is 23.4.